The minimum atomic E-state index is -4.59. The Morgan fingerprint density at radius 2 is 1.91 bits per heavy atom. The number of aliphatic hydroxyl groups excluding tert-OH is 1. The summed E-state index contributed by atoms with van der Waals surface area (Å²) in [6, 6.07) is 6.55. The Kier molecular flexibility index (Phi) is 10.1. The van der Waals surface area contributed by atoms with Crippen LogP contribution in [0.5, 0.6) is 11.6 Å². The number of nitrogens with one attached hydrogen (secondary N) is 1. The fourth-order valence-electron chi connectivity index (χ4n) is 4.57. The number of hydrogen-bond acceptors (Lipinski definition) is 12. The first kappa shape index (κ1) is 33.5. The van der Waals surface area contributed by atoms with E-state index in [4.69, 9.17) is 29.0 Å². The lowest BCUT2D eigenvalue weighted by atomic mass is 9.97. The molecule has 0 amide bonds. The first-order chi connectivity index (χ1) is 20.8. The molecule has 4 rings (SSSR count). The van der Waals surface area contributed by atoms with Crippen LogP contribution >= 0.6 is 7.75 Å². The van der Waals surface area contributed by atoms with Gasteiger partial charge in [0.15, 0.2) is 29.2 Å². The number of nitrogen functional groups attached to an aromatic ring is 1. The van der Waals surface area contributed by atoms with E-state index in [-0.39, 0.29) is 41.5 Å². The Balaban J connectivity index is 1.60. The molecule has 0 radical (unpaired) electrons. The molecule has 1 aliphatic rings. The van der Waals surface area contributed by atoms with Crippen molar-refractivity contribution in [3.8, 4) is 11.6 Å². The van der Waals surface area contributed by atoms with Crippen molar-refractivity contribution in [2.24, 2.45) is 0 Å². The number of aromatic nitrogens is 4. The van der Waals surface area contributed by atoms with Crippen molar-refractivity contribution in [2.75, 3.05) is 18.9 Å². The molecule has 44 heavy (non-hydrogen) atoms. The van der Waals surface area contributed by atoms with Crippen molar-refractivity contribution in [2.45, 2.75) is 83.5 Å². The molecular weight excluding hydrogens is 605 g/mol. The minimum Gasteiger partial charge on any atom is -0.476 e. The zero-order valence-corrected chi connectivity index (χ0v) is 25.9. The van der Waals surface area contributed by atoms with Crippen molar-refractivity contribution in [1.82, 2.24) is 24.6 Å². The lowest BCUT2D eigenvalue weighted by molar-refractivity contribution is -0.202. The second-order valence-electron chi connectivity index (χ2n) is 10.4. The van der Waals surface area contributed by atoms with Crippen LogP contribution in [0.1, 0.15) is 53.7 Å². The first-order valence-electron chi connectivity index (χ1n) is 14.1. The van der Waals surface area contributed by atoms with Gasteiger partial charge in [-0.2, -0.15) is 15.1 Å². The Labute approximate surface area is 252 Å². The van der Waals surface area contributed by atoms with Gasteiger partial charge in [-0.25, -0.2) is 18.3 Å². The number of alkyl halides is 2. The maximum Gasteiger partial charge on any atom is 0.459 e. The second kappa shape index (κ2) is 13.3. The highest BCUT2D eigenvalue weighted by Gasteiger charge is 2.65. The van der Waals surface area contributed by atoms with E-state index in [2.05, 4.69) is 20.0 Å². The maximum atomic E-state index is 16.3. The standard InChI is InChI=1S/C27H37F2N6O8P/c1-6-17(7-2)41-22(36)16(4)34-44(38,43-18-12-10-9-11-13-18)40-14-27(29)23(37)26(5,28)24(42-27)35-15-31-19-20(35)32-25(30)33-21(19)39-8-3/h9-13,15-17,23-24,37H,6-8,14H2,1-5H3,(H,34,38)(H2,30,32,33)/t16?,23-,24+,26+,27+,44?/m0/s1. The highest BCUT2D eigenvalue weighted by Crippen LogP contribution is 2.52. The summed E-state index contributed by atoms with van der Waals surface area (Å²) in [5.74, 6) is -4.15. The van der Waals surface area contributed by atoms with E-state index in [0.29, 0.717) is 12.8 Å². The summed E-state index contributed by atoms with van der Waals surface area (Å²) in [4.78, 5) is 24.9. The number of fused-ring (bicyclic) bond motifs is 1. The molecule has 14 nitrogen and oxygen atoms in total. The number of anilines is 1. The third-order valence-electron chi connectivity index (χ3n) is 6.97. The number of carbonyl (C=O) groups excluding carboxylic acids is 1. The number of para-hydroxylation sites is 1. The predicted molar refractivity (Wildman–Crippen MR) is 154 cm³/mol. The van der Waals surface area contributed by atoms with Gasteiger partial charge in [0.05, 0.1) is 12.9 Å². The van der Waals surface area contributed by atoms with Crippen LogP contribution in [0.15, 0.2) is 36.7 Å². The SMILES string of the molecule is CCOc1nc(N)nc2c1ncn2[C@@H]1O[C@](F)(COP(=O)(NC(C)C(=O)OC(CC)CC)Oc2ccccc2)[C@@H](O)[C@@]1(C)F. The third-order valence-corrected chi connectivity index (χ3v) is 8.60. The zero-order chi connectivity index (χ0) is 32.3. The molecule has 1 fully saturated rings. The van der Waals surface area contributed by atoms with Gasteiger partial charge in [0.2, 0.25) is 11.8 Å². The molecule has 0 aliphatic carbocycles. The molecule has 1 aliphatic heterocycles. The Bertz CT molecular complexity index is 1490. The molecule has 1 aromatic carbocycles. The number of rotatable bonds is 14. The topological polar surface area (TPSA) is 182 Å². The fraction of sp³-hybridized carbons (Fsp3) is 0.556. The molecule has 0 bridgehead atoms. The summed E-state index contributed by atoms with van der Waals surface area (Å²) in [6.45, 7) is 6.62. The average Bonchev–Trinajstić information content (AvgIpc) is 3.47. The molecule has 2 aromatic heterocycles. The van der Waals surface area contributed by atoms with Crippen LogP contribution in [-0.4, -0.2) is 73.6 Å². The van der Waals surface area contributed by atoms with Gasteiger partial charge >= 0.3 is 13.7 Å². The summed E-state index contributed by atoms with van der Waals surface area (Å²) in [5.41, 5.74) is 3.05. The maximum absolute atomic E-state index is 16.3. The fourth-order valence-corrected chi connectivity index (χ4v) is 6.08. The van der Waals surface area contributed by atoms with Crippen LogP contribution in [0, 0.1) is 0 Å². The Morgan fingerprint density at radius 3 is 2.55 bits per heavy atom. The van der Waals surface area contributed by atoms with Crippen molar-refractivity contribution >= 4 is 30.8 Å². The number of carbonyl (C=O) groups is 1. The van der Waals surface area contributed by atoms with E-state index in [0.717, 1.165) is 17.8 Å². The van der Waals surface area contributed by atoms with Crippen LogP contribution in [-0.2, 0) is 23.4 Å². The van der Waals surface area contributed by atoms with E-state index in [1.807, 2.05) is 13.8 Å². The number of benzene rings is 1. The average molecular weight is 643 g/mol. The molecular formula is C27H37F2N6O8P. The van der Waals surface area contributed by atoms with Gasteiger partial charge in [-0.15, -0.1) is 0 Å². The summed E-state index contributed by atoms with van der Waals surface area (Å²) >= 11 is 0. The molecule has 0 spiro atoms. The highest BCUT2D eigenvalue weighted by atomic mass is 31.2. The molecule has 17 heteroatoms. The van der Waals surface area contributed by atoms with Gasteiger partial charge in [0.1, 0.15) is 24.5 Å². The van der Waals surface area contributed by atoms with Gasteiger partial charge in [0.25, 0.3) is 5.85 Å². The van der Waals surface area contributed by atoms with Crippen LogP contribution in [0.3, 0.4) is 0 Å². The quantitative estimate of drug-likeness (QED) is 0.170. The number of ether oxygens (including phenoxy) is 3. The van der Waals surface area contributed by atoms with Gasteiger partial charge < -0.3 is 29.6 Å². The number of esters is 1. The molecule has 3 aromatic rings. The third kappa shape index (κ3) is 6.94. The van der Waals surface area contributed by atoms with Crippen LogP contribution in [0.2, 0.25) is 0 Å². The largest absolute Gasteiger partial charge is 0.476 e. The van der Waals surface area contributed by atoms with Gasteiger partial charge in [0, 0.05) is 0 Å². The number of hydrogen-bond donors (Lipinski definition) is 3. The van der Waals surface area contributed by atoms with Crippen molar-refractivity contribution in [3.05, 3.63) is 36.7 Å². The predicted octanol–water partition coefficient (Wildman–Crippen LogP) is 4.00. The van der Waals surface area contributed by atoms with Crippen molar-refractivity contribution in [3.63, 3.8) is 0 Å². The van der Waals surface area contributed by atoms with E-state index in [1.54, 1.807) is 25.1 Å². The molecule has 242 valence electrons. The highest BCUT2D eigenvalue weighted by molar-refractivity contribution is 7.52. The number of halogens is 2. The number of imidazole rings is 1. The Morgan fingerprint density at radius 1 is 1.23 bits per heavy atom. The van der Waals surface area contributed by atoms with E-state index >= 15 is 8.78 Å². The molecule has 1 saturated heterocycles. The van der Waals surface area contributed by atoms with Crippen molar-refractivity contribution in [1.29, 1.82) is 0 Å². The second-order valence-corrected chi connectivity index (χ2v) is 12.0. The summed E-state index contributed by atoms with van der Waals surface area (Å²) in [7, 11) is -4.59. The lowest BCUT2D eigenvalue weighted by Crippen LogP contribution is -2.47. The van der Waals surface area contributed by atoms with E-state index in [9.17, 15) is 14.5 Å². The summed E-state index contributed by atoms with van der Waals surface area (Å²) in [6.07, 6.45) is -2.43. The first-order valence-corrected chi connectivity index (χ1v) is 15.6. The molecule has 4 N–H and O–H groups in total. The molecule has 0 saturated carbocycles. The van der Waals surface area contributed by atoms with Crippen LogP contribution in [0.25, 0.3) is 11.2 Å². The Hall–Kier alpha value is -3.43. The summed E-state index contributed by atoms with van der Waals surface area (Å²) < 4.78 is 74.5. The monoisotopic (exact) mass is 642 g/mol. The molecule has 6 atom stereocenters. The number of nitrogens with two attached hydrogens (primary N) is 1. The number of aliphatic hydroxyl groups is 1. The normalized spacial score (nSPS) is 25.6. The smallest absolute Gasteiger partial charge is 0.459 e. The lowest BCUT2D eigenvalue weighted by Gasteiger charge is -2.28. The zero-order valence-electron chi connectivity index (χ0n) is 25.0. The molecule has 3 heterocycles. The van der Waals surface area contributed by atoms with Crippen LogP contribution in [0.4, 0.5) is 14.7 Å². The van der Waals surface area contributed by atoms with Gasteiger partial charge in [-0.05, 0) is 45.7 Å². The van der Waals surface area contributed by atoms with Gasteiger partial charge in [-0.1, -0.05) is 32.0 Å². The number of nitrogens with zero attached hydrogens (tertiary/aromatic N) is 4. The van der Waals surface area contributed by atoms with E-state index in [1.165, 1.54) is 19.1 Å². The van der Waals surface area contributed by atoms with E-state index < -0.39 is 50.2 Å². The summed E-state index contributed by atoms with van der Waals surface area (Å²) in [5, 5.41) is 13.3. The van der Waals surface area contributed by atoms with Crippen molar-refractivity contribution < 1.29 is 46.5 Å². The molecule has 2 unspecified atom stereocenters. The van der Waals surface area contributed by atoms with Gasteiger partial charge in [-0.3, -0.25) is 13.9 Å². The minimum absolute atomic E-state index is 0.0182. The van der Waals surface area contributed by atoms with Crippen LogP contribution < -0.4 is 20.1 Å².